The second-order valence-electron chi connectivity index (χ2n) is 3.93. The van der Waals surface area contributed by atoms with Crippen LogP contribution >= 0.6 is 15.9 Å². The highest BCUT2D eigenvalue weighted by Crippen LogP contribution is 2.19. The van der Waals surface area contributed by atoms with Crippen LogP contribution in [-0.4, -0.2) is 14.9 Å². The summed E-state index contributed by atoms with van der Waals surface area (Å²) in [5, 5.41) is 10.8. The summed E-state index contributed by atoms with van der Waals surface area (Å²) in [7, 11) is 0. The van der Waals surface area contributed by atoms with E-state index >= 15 is 0 Å². The predicted octanol–water partition coefficient (Wildman–Crippen LogP) is 2.04. The molecule has 0 bridgehead atoms. The molecule has 0 saturated carbocycles. The van der Waals surface area contributed by atoms with Gasteiger partial charge in [-0.15, -0.1) is 0 Å². The number of benzene rings is 1. The summed E-state index contributed by atoms with van der Waals surface area (Å²) in [5.41, 5.74) is -3.01. The van der Waals surface area contributed by atoms with E-state index in [0.717, 1.165) is 6.08 Å². The molecule has 0 atom stereocenters. The second-order valence-corrected chi connectivity index (χ2v) is 4.84. The van der Waals surface area contributed by atoms with Crippen LogP contribution in [0.15, 0.2) is 32.3 Å². The molecule has 0 spiro atoms. The van der Waals surface area contributed by atoms with Crippen LogP contribution in [0.25, 0.3) is 12.2 Å². The first-order valence-corrected chi connectivity index (χ1v) is 6.32. The number of halogens is 2. The van der Waals surface area contributed by atoms with Gasteiger partial charge in [0.2, 0.25) is 0 Å². The molecule has 2 aromatic rings. The summed E-state index contributed by atoms with van der Waals surface area (Å²) in [4.78, 5) is 36.4. The van der Waals surface area contributed by atoms with E-state index in [4.69, 9.17) is 0 Å². The highest BCUT2D eigenvalue weighted by Gasteiger charge is 2.18. The summed E-state index contributed by atoms with van der Waals surface area (Å²) in [6.45, 7) is 0. The van der Waals surface area contributed by atoms with Crippen LogP contribution in [-0.2, 0) is 0 Å². The van der Waals surface area contributed by atoms with Crippen molar-refractivity contribution >= 4 is 33.8 Å². The van der Waals surface area contributed by atoms with Crippen molar-refractivity contribution in [1.82, 2.24) is 9.97 Å². The third kappa shape index (κ3) is 3.31. The number of H-pyrrole nitrogens is 2. The Morgan fingerprint density at radius 1 is 1.24 bits per heavy atom. The smallest absolute Gasteiger partial charge is 0.301 e. The summed E-state index contributed by atoms with van der Waals surface area (Å²) in [6.07, 6.45) is 2.32. The van der Waals surface area contributed by atoms with Crippen LogP contribution in [0.3, 0.4) is 0 Å². The number of nitro groups is 1. The van der Waals surface area contributed by atoms with Crippen LogP contribution in [0.2, 0.25) is 0 Å². The van der Waals surface area contributed by atoms with Crippen LogP contribution in [0.5, 0.6) is 0 Å². The van der Waals surface area contributed by atoms with Crippen molar-refractivity contribution in [3.63, 3.8) is 0 Å². The van der Waals surface area contributed by atoms with Crippen LogP contribution in [0.1, 0.15) is 11.3 Å². The summed E-state index contributed by atoms with van der Waals surface area (Å²) < 4.78 is 14.2. The maximum Gasteiger partial charge on any atom is 0.357 e. The van der Waals surface area contributed by atoms with Crippen molar-refractivity contribution in [3.05, 3.63) is 70.7 Å². The average molecular weight is 356 g/mol. The third-order valence-electron chi connectivity index (χ3n) is 2.52. The van der Waals surface area contributed by atoms with E-state index in [-0.39, 0.29) is 11.3 Å². The fourth-order valence-electron chi connectivity index (χ4n) is 1.61. The van der Waals surface area contributed by atoms with Gasteiger partial charge in [-0.2, -0.15) is 0 Å². The Bertz CT molecular complexity index is 856. The molecular formula is C12H7BrFN3O4. The predicted molar refractivity (Wildman–Crippen MR) is 77.4 cm³/mol. The fraction of sp³-hybridized carbons (Fsp3) is 0. The van der Waals surface area contributed by atoms with Gasteiger partial charge in [0.1, 0.15) is 11.5 Å². The first kappa shape index (κ1) is 14.9. The van der Waals surface area contributed by atoms with Gasteiger partial charge >= 0.3 is 16.9 Å². The van der Waals surface area contributed by atoms with E-state index in [1.54, 1.807) is 4.98 Å². The van der Waals surface area contributed by atoms with Crippen LogP contribution < -0.4 is 11.2 Å². The standard InChI is InChI=1S/C12H7BrFN3O4/c13-7-2-3-8(14)6(5-7)1-4-9-10(17(20)21)11(18)16-12(19)15-9/h1-5H,(H2,15,16,18,19)/b4-1+. The molecule has 2 N–H and O–H groups in total. The molecular weight excluding hydrogens is 349 g/mol. The lowest BCUT2D eigenvalue weighted by atomic mass is 10.2. The van der Waals surface area contributed by atoms with Gasteiger partial charge in [0, 0.05) is 10.0 Å². The van der Waals surface area contributed by atoms with Crippen molar-refractivity contribution in [3.8, 4) is 0 Å². The Kier molecular flexibility index (Phi) is 4.13. The molecule has 108 valence electrons. The lowest BCUT2D eigenvalue weighted by Gasteiger charge is -1.99. The molecule has 7 nitrogen and oxygen atoms in total. The van der Waals surface area contributed by atoms with Crippen LogP contribution in [0.4, 0.5) is 10.1 Å². The Labute approximate surface area is 124 Å². The molecule has 0 aliphatic heterocycles. The number of nitrogens with zero attached hydrogens (tertiary/aromatic N) is 1. The Hall–Kier alpha value is -2.55. The van der Waals surface area contributed by atoms with Gasteiger partial charge in [0.05, 0.1) is 4.92 Å². The third-order valence-corrected chi connectivity index (χ3v) is 3.01. The first-order chi connectivity index (χ1) is 9.88. The topological polar surface area (TPSA) is 109 Å². The lowest BCUT2D eigenvalue weighted by molar-refractivity contribution is -0.386. The maximum absolute atomic E-state index is 13.5. The monoisotopic (exact) mass is 355 g/mol. The molecule has 0 aliphatic carbocycles. The lowest BCUT2D eigenvalue weighted by Crippen LogP contribution is -2.25. The molecule has 0 aliphatic rings. The van der Waals surface area contributed by atoms with Crippen molar-refractivity contribution in [2.75, 3.05) is 0 Å². The van der Waals surface area contributed by atoms with E-state index < -0.39 is 27.7 Å². The Morgan fingerprint density at radius 3 is 2.62 bits per heavy atom. The molecule has 1 aromatic heterocycles. The zero-order valence-corrected chi connectivity index (χ0v) is 11.8. The highest BCUT2D eigenvalue weighted by molar-refractivity contribution is 9.10. The molecule has 0 amide bonds. The number of aromatic nitrogens is 2. The molecule has 2 rings (SSSR count). The summed E-state index contributed by atoms with van der Waals surface area (Å²) in [5.74, 6) is -0.552. The zero-order valence-electron chi connectivity index (χ0n) is 10.2. The molecule has 0 radical (unpaired) electrons. The first-order valence-electron chi connectivity index (χ1n) is 5.52. The Balaban J connectivity index is 2.55. The minimum absolute atomic E-state index is 0.139. The molecule has 0 unspecified atom stereocenters. The number of rotatable bonds is 3. The van der Waals surface area contributed by atoms with Crippen molar-refractivity contribution in [2.24, 2.45) is 0 Å². The van der Waals surface area contributed by atoms with E-state index in [1.165, 1.54) is 24.3 Å². The quantitative estimate of drug-likeness (QED) is 0.648. The van der Waals surface area contributed by atoms with E-state index in [9.17, 15) is 24.1 Å². The molecule has 21 heavy (non-hydrogen) atoms. The number of hydrogen-bond acceptors (Lipinski definition) is 4. The number of hydrogen-bond donors (Lipinski definition) is 2. The molecule has 0 saturated heterocycles. The minimum Gasteiger partial charge on any atom is -0.301 e. The van der Waals surface area contributed by atoms with Gasteiger partial charge < -0.3 is 4.98 Å². The number of aromatic amines is 2. The van der Waals surface area contributed by atoms with Gasteiger partial charge in [-0.25, -0.2) is 9.18 Å². The molecule has 1 heterocycles. The average Bonchev–Trinajstić information content (AvgIpc) is 2.38. The normalized spacial score (nSPS) is 11.0. The summed E-state index contributed by atoms with van der Waals surface area (Å²) in [6, 6.07) is 4.14. The fourth-order valence-corrected chi connectivity index (χ4v) is 1.99. The highest BCUT2D eigenvalue weighted by atomic mass is 79.9. The minimum atomic E-state index is -1.13. The molecule has 1 aromatic carbocycles. The van der Waals surface area contributed by atoms with Gasteiger partial charge in [-0.05, 0) is 30.4 Å². The second kappa shape index (κ2) is 5.83. The van der Waals surface area contributed by atoms with Gasteiger partial charge in [-0.3, -0.25) is 19.9 Å². The van der Waals surface area contributed by atoms with Gasteiger partial charge in [-0.1, -0.05) is 15.9 Å². The SMILES string of the molecule is O=c1[nH]c(/C=C/c2cc(Br)ccc2F)c([N+](=O)[O-])c(=O)[nH]1. The molecule has 0 fully saturated rings. The Morgan fingerprint density at radius 2 is 1.95 bits per heavy atom. The van der Waals surface area contributed by atoms with E-state index in [2.05, 4.69) is 20.9 Å². The number of nitrogens with one attached hydrogen (secondary N) is 2. The van der Waals surface area contributed by atoms with Crippen molar-refractivity contribution in [1.29, 1.82) is 0 Å². The van der Waals surface area contributed by atoms with Crippen molar-refractivity contribution < 1.29 is 9.31 Å². The van der Waals surface area contributed by atoms with Gasteiger partial charge in [0.25, 0.3) is 0 Å². The van der Waals surface area contributed by atoms with Crippen molar-refractivity contribution in [2.45, 2.75) is 0 Å². The summed E-state index contributed by atoms with van der Waals surface area (Å²) >= 11 is 3.16. The molecule has 9 heteroatoms. The van der Waals surface area contributed by atoms with Gasteiger partial charge in [0.15, 0.2) is 0 Å². The maximum atomic E-state index is 13.5. The largest absolute Gasteiger partial charge is 0.357 e. The zero-order chi connectivity index (χ0) is 15.6. The van der Waals surface area contributed by atoms with E-state index in [0.29, 0.717) is 4.47 Å². The van der Waals surface area contributed by atoms with Crippen LogP contribution in [0, 0.1) is 15.9 Å². The van der Waals surface area contributed by atoms with E-state index in [1.807, 2.05) is 0 Å².